The number of rotatable bonds is 8. The molecule has 2 aromatic rings. The maximum absolute atomic E-state index is 12.8. The summed E-state index contributed by atoms with van der Waals surface area (Å²) in [6.07, 6.45) is 3.05. The van der Waals surface area contributed by atoms with Crippen LogP contribution < -0.4 is 10.1 Å². The topological polar surface area (TPSA) is 63.2 Å². The Kier molecular flexibility index (Phi) is 6.89. The van der Waals surface area contributed by atoms with Crippen LogP contribution in [-0.2, 0) is 11.3 Å². The molecule has 6 heteroatoms. The molecule has 1 atom stereocenters. The lowest BCUT2D eigenvalue weighted by Gasteiger charge is -2.24. The summed E-state index contributed by atoms with van der Waals surface area (Å²) >= 11 is 0. The smallest absolute Gasteiger partial charge is 0.322 e. The molecule has 2 amide bonds. The number of ether oxygens (including phenoxy) is 1. The minimum atomic E-state index is -0.219. The van der Waals surface area contributed by atoms with Crippen molar-refractivity contribution in [2.45, 2.75) is 25.9 Å². The second kappa shape index (κ2) is 9.78. The summed E-state index contributed by atoms with van der Waals surface area (Å²) in [6, 6.07) is 15.4. The molecule has 1 N–H and O–H groups in total. The normalized spacial score (nSPS) is 15.2. The zero-order valence-corrected chi connectivity index (χ0v) is 16.9. The van der Waals surface area contributed by atoms with Crippen LogP contribution in [0.4, 0.5) is 10.5 Å². The number of benzene rings is 2. The highest BCUT2D eigenvalue weighted by Gasteiger charge is 2.27. The summed E-state index contributed by atoms with van der Waals surface area (Å²) in [4.78, 5) is 20.0. The molecule has 0 aromatic heterocycles. The molecule has 0 aliphatic carbocycles. The number of nitrogens with zero attached hydrogens (tertiary/aromatic N) is 2. The number of urea groups is 1. The first-order valence-electron chi connectivity index (χ1n) is 9.76. The van der Waals surface area contributed by atoms with E-state index in [2.05, 4.69) is 24.0 Å². The summed E-state index contributed by atoms with van der Waals surface area (Å²) in [5, 5.41) is 7.16. The fraction of sp³-hybridized carbons (Fsp3) is 0.304. The van der Waals surface area contributed by atoms with Crippen molar-refractivity contribution >= 4 is 17.4 Å². The second-order valence-electron chi connectivity index (χ2n) is 6.84. The van der Waals surface area contributed by atoms with Crippen molar-refractivity contribution in [2.24, 2.45) is 5.16 Å². The number of amides is 2. The van der Waals surface area contributed by atoms with Crippen LogP contribution in [0.2, 0.25) is 0 Å². The standard InChI is InChI=1S/C23H27N3O3/c1-4-14-26(23(27)24-18-12-10-17(5-2)11-13-18)16-19-15-21(25-29-19)20-8-6-7-9-22(20)28-3/h4,6-13,19H,1,5,14-16H2,2-3H3,(H,24,27)/t19-/m1/s1. The van der Waals surface area contributed by atoms with Gasteiger partial charge in [-0.3, -0.25) is 0 Å². The first kappa shape index (κ1) is 20.5. The Morgan fingerprint density at radius 3 is 2.76 bits per heavy atom. The van der Waals surface area contributed by atoms with Gasteiger partial charge in [-0.05, 0) is 36.2 Å². The average molecular weight is 393 g/mol. The number of aryl methyl sites for hydroxylation is 1. The van der Waals surface area contributed by atoms with Crippen molar-refractivity contribution < 1.29 is 14.4 Å². The van der Waals surface area contributed by atoms with E-state index < -0.39 is 0 Å². The molecule has 6 nitrogen and oxygen atoms in total. The van der Waals surface area contributed by atoms with Crippen LogP contribution in [0.25, 0.3) is 0 Å². The molecule has 3 rings (SSSR count). The van der Waals surface area contributed by atoms with Gasteiger partial charge in [0.2, 0.25) is 0 Å². The Morgan fingerprint density at radius 1 is 1.31 bits per heavy atom. The molecule has 1 aliphatic rings. The van der Waals surface area contributed by atoms with Crippen LogP contribution in [0.1, 0.15) is 24.5 Å². The minimum Gasteiger partial charge on any atom is -0.496 e. The molecular formula is C23H27N3O3. The fourth-order valence-corrected chi connectivity index (χ4v) is 3.24. The number of nitrogens with one attached hydrogen (secondary N) is 1. The van der Waals surface area contributed by atoms with Crippen LogP contribution in [0, 0.1) is 0 Å². The number of para-hydroxylation sites is 1. The van der Waals surface area contributed by atoms with Crippen molar-refractivity contribution in [3.05, 3.63) is 72.3 Å². The molecule has 0 bridgehead atoms. The number of carbonyl (C=O) groups is 1. The number of methoxy groups -OCH3 is 1. The summed E-state index contributed by atoms with van der Waals surface area (Å²) in [5.41, 5.74) is 3.72. The summed E-state index contributed by atoms with van der Waals surface area (Å²) in [7, 11) is 1.63. The molecule has 1 heterocycles. The van der Waals surface area contributed by atoms with E-state index in [4.69, 9.17) is 9.57 Å². The molecule has 152 valence electrons. The van der Waals surface area contributed by atoms with Gasteiger partial charge in [0, 0.05) is 24.2 Å². The quantitative estimate of drug-likeness (QED) is 0.673. The van der Waals surface area contributed by atoms with Crippen molar-refractivity contribution in [1.29, 1.82) is 0 Å². The van der Waals surface area contributed by atoms with Crippen LogP contribution in [0.5, 0.6) is 5.75 Å². The zero-order chi connectivity index (χ0) is 20.6. The lowest BCUT2D eigenvalue weighted by molar-refractivity contribution is 0.0645. The van der Waals surface area contributed by atoms with E-state index in [1.165, 1.54) is 5.56 Å². The zero-order valence-electron chi connectivity index (χ0n) is 16.9. The van der Waals surface area contributed by atoms with Gasteiger partial charge in [0.1, 0.15) is 5.75 Å². The van der Waals surface area contributed by atoms with Crippen molar-refractivity contribution in [2.75, 3.05) is 25.5 Å². The number of oxime groups is 1. The predicted molar refractivity (Wildman–Crippen MR) is 116 cm³/mol. The van der Waals surface area contributed by atoms with Gasteiger partial charge in [-0.2, -0.15) is 0 Å². The van der Waals surface area contributed by atoms with Gasteiger partial charge in [0.05, 0.1) is 19.4 Å². The Hall–Kier alpha value is -3.28. The highest BCUT2D eigenvalue weighted by molar-refractivity contribution is 6.03. The molecule has 29 heavy (non-hydrogen) atoms. The molecule has 0 unspecified atom stereocenters. The Balaban J connectivity index is 1.62. The van der Waals surface area contributed by atoms with Gasteiger partial charge in [-0.15, -0.1) is 6.58 Å². The van der Waals surface area contributed by atoms with E-state index in [1.807, 2.05) is 48.5 Å². The molecule has 0 saturated heterocycles. The minimum absolute atomic E-state index is 0.191. The van der Waals surface area contributed by atoms with Gasteiger partial charge in [0.15, 0.2) is 6.10 Å². The van der Waals surface area contributed by atoms with Crippen molar-refractivity contribution in [3.63, 3.8) is 0 Å². The van der Waals surface area contributed by atoms with Gasteiger partial charge in [0.25, 0.3) is 0 Å². The fourth-order valence-electron chi connectivity index (χ4n) is 3.24. The lowest BCUT2D eigenvalue weighted by Crippen LogP contribution is -2.40. The number of hydrogen-bond acceptors (Lipinski definition) is 4. The predicted octanol–water partition coefficient (Wildman–Crippen LogP) is 4.47. The Morgan fingerprint density at radius 2 is 2.07 bits per heavy atom. The summed E-state index contributed by atoms with van der Waals surface area (Å²) < 4.78 is 5.41. The lowest BCUT2D eigenvalue weighted by atomic mass is 10.0. The first-order valence-corrected chi connectivity index (χ1v) is 9.76. The summed E-state index contributed by atoms with van der Waals surface area (Å²) in [6.45, 7) is 6.69. The average Bonchev–Trinajstić information content (AvgIpc) is 3.22. The maximum atomic E-state index is 12.8. The van der Waals surface area contributed by atoms with E-state index in [-0.39, 0.29) is 12.1 Å². The molecule has 0 radical (unpaired) electrons. The molecule has 0 fully saturated rings. The monoisotopic (exact) mass is 393 g/mol. The maximum Gasteiger partial charge on any atom is 0.322 e. The van der Waals surface area contributed by atoms with Gasteiger partial charge >= 0.3 is 6.03 Å². The van der Waals surface area contributed by atoms with E-state index in [0.717, 1.165) is 29.1 Å². The van der Waals surface area contributed by atoms with Crippen molar-refractivity contribution in [3.8, 4) is 5.75 Å². The Labute approximate surface area is 171 Å². The number of hydrogen-bond donors (Lipinski definition) is 1. The third-order valence-corrected chi connectivity index (χ3v) is 4.83. The summed E-state index contributed by atoms with van der Waals surface area (Å²) in [5.74, 6) is 0.756. The SMILES string of the molecule is C=CCN(C[C@H]1CC(c2ccccc2OC)=NO1)C(=O)Nc1ccc(CC)cc1. The molecule has 1 aliphatic heterocycles. The van der Waals surface area contributed by atoms with E-state index >= 15 is 0 Å². The first-order chi connectivity index (χ1) is 14.1. The largest absolute Gasteiger partial charge is 0.496 e. The Bertz CT molecular complexity index is 877. The molecule has 2 aromatic carbocycles. The third-order valence-electron chi connectivity index (χ3n) is 4.83. The number of anilines is 1. The highest BCUT2D eigenvalue weighted by Crippen LogP contribution is 2.25. The van der Waals surface area contributed by atoms with Gasteiger partial charge < -0.3 is 19.8 Å². The molecule has 0 spiro atoms. The van der Waals surface area contributed by atoms with Gasteiger partial charge in [-0.1, -0.05) is 42.4 Å². The van der Waals surface area contributed by atoms with Crippen molar-refractivity contribution in [1.82, 2.24) is 4.90 Å². The second-order valence-corrected chi connectivity index (χ2v) is 6.84. The van der Waals surface area contributed by atoms with Crippen LogP contribution >= 0.6 is 0 Å². The number of carbonyl (C=O) groups excluding carboxylic acids is 1. The van der Waals surface area contributed by atoms with E-state index in [9.17, 15) is 4.79 Å². The highest BCUT2D eigenvalue weighted by atomic mass is 16.6. The van der Waals surface area contributed by atoms with Crippen LogP contribution in [0.15, 0.2) is 66.3 Å². The van der Waals surface area contributed by atoms with E-state index in [0.29, 0.717) is 19.5 Å². The van der Waals surface area contributed by atoms with Gasteiger partial charge in [-0.25, -0.2) is 4.79 Å². The van der Waals surface area contributed by atoms with E-state index in [1.54, 1.807) is 18.1 Å². The van der Waals surface area contributed by atoms with Crippen LogP contribution in [-0.4, -0.2) is 42.9 Å². The molecular weight excluding hydrogens is 366 g/mol. The van der Waals surface area contributed by atoms with Crippen LogP contribution in [0.3, 0.4) is 0 Å². The molecule has 0 saturated carbocycles. The third kappa shape index (κ3) is 5.16.